The standard InChI is InChI=1S/C20H30N2O3S/c1-14(2)12-21-19(23)16-6-5-11-22(13-16)20(24)15(3)26-18-9-7-17(25-4)8-10-18/h7-10,14-16H,5-6,11-13H2,1-4H3,(H,21,23)/t15-,16-/m0/s1. The van der Waals surface area contributed by atoms with E-state index in [4.69, 9.17) is 4.74 Å². The number of hydrogen-bond acceptors (Lipinski definition) is 4. The molecule has 1 heterocycles. The van der Waals surface area contributed by atoms with Crippen molar-refractivity contribution in [3.8, 4) is 5.75 Å². The molecule has 1 fully saturated rings. The molecule has 1 aromatic rings. The maximum Gasteiger partial charge on any atom is 0.235 e. The topological polar surface area (TPSA) is 58.6 Å². The highest BCUT2D eigenvalue weighted by Gasteiger charge is 2.30. The molecule has 1 aliphatic heterocycles. The van der Waals surface area contributed by atoms with Gasteiger partial charge in [0.2, 0.25) is 11.8 Å². The van der Waals surface area contributed by atoms with E-state index in [0.717, 1.165) is 30.0 Å². The number of thioether (sulfide) groups is 1. The molecule has 2 atom stereocenters. The molecule has 2 amide bonds. The Morgan fingerprint density at radius 2 is 1.96 bits per heavy atom. The molecule has 1 aliphatic rings. The lowest BCUT2D eigenvalue weighted by atomic mass is 9.96. The predicted molar refractivity (Wildman–Crippen MR) is 105 cm³/mol. The van der Waals surface area contributed by atoms with Crippen LogP contribution in [0.4, 0.5) is 0 Å². The summed E-state index contributed by atoms with van der Waals surface area (Å²) in [5, 5.41) is 2.82. The first-order valence-electron chi connectivity index (χ1n) is 9.28. The van der Waals surface area contributed by atoms with Crippen molar-refractivity contribution in [1.29, 1.82) is 0 Å². The van der Waals surface area contributed by atoms with Crippen molar-refractivity contribution in [1.82, 2.24) is 10.2 Å². The molecule has 6 heteroatoms. The lowest BCUT2D eigenvalue weighted by Gasteiger charge is -2.33. The summed E-state index contributed by atoms with van der Waals surface area (Å²) in [7, 11) is 1.64. The summed E-state index contributed by atoms with van der Waals surface area (Å²) in [6, 6.07) is 7.72. The summed E-state index contributed by atoms with van der Waals surface area (Å²) in [5.74, 6) is 1.32. The number of hydrogen-bond donors (Lipinski definition) is 1. The minimum absolute atomic E-state index is 0.0756. The Hall–Kier alpha value is -1.69. The Labute approximate surface area is 160 Å². The Morgan fingerprint density at radius 1 is 1.27 bits per heavy atom. The molecule has 1 aromatic carbocycles. The van der Waals surface area contributed by atoms with E-state index in [2.05, 4.69) is 19.2 Å². The lowest BCUT2D eigenvalue weighted by molar-refractivity contribution is -0.135. The number of nitrogens with one attached hydrogen (secondary N) is 1. The van der Waals surface area contributed by atoms with Crippen LogP contribution in [0.3, 0.4) is 0 Å². The lowest BCUT2D eigenvalue weighted by Crippen LogP contribution is -2.47. The van der Waals surface area contributed by atoms with Crippen LogP contribution in [0.15, 0.2) is 29.2 Å². The number of rotatable bonds is 7. The summed E-state index contributed by atoms with van der Waals surface area (Å²) in [6.07, 6.45) is 1.74. The smallest absolute Gasteiger partial charge is 0.235 e. The van der Waals surface area contributed by atoms with Gasteiger partial charge in [-0.25, -0.2) is 0 Å². The maximum atomic E-state index is 12.8. The molecule has 0 radical (unpaired) electrons. The third-order valence-electron chi connectivity index (χ3n) is 4.51. The van der Waals surface area contributed by atoms with E-state index < -0.39 is 0 Å². The maximum absolute atomic E-state index is 12.8. The van der Waals surface area contributed by atoms with Crippen LogP contribution in [0.2, 0.25) is 0 Å². The molecule has 2 rings (SSSR count). The molecular formula is C20H30N2O3S. The number of ether oxygens (including phenoxy) is 1. The van der Waals surface area contributed by atoms with Crippen molar-refractivity contribution in [3.05, 3.63) is 24.3 Å². The fourth-order valence-electron chi connectivity index (χ4n) is 3.01. The summed E-state index contributed by atoms with van der Waals surface area (Å²) in [5.41, 5.74) is 0. The summed E-state index contributed by atoms with van der Waals surface area (Å²) < 4.78 is 5.16. The van der Waals surface area contributed by atoms with Gasteiger partial charge in [0.05, 0.1) is 18.3 Å². The minimum atomic E-state index is -0.180. The Morgan fingerprint density at radius 3 is 2.58 bits per heavy atom. The monoisotopic (exact) mass is 378 g/mol. The number of piperidine rings is 1. The van der Waals surface area contributed by atoms with Crippen LogP contribution in [0.1, 0.15) is 33.6 Å². The molecule has 1 N–H and O–H groups in total. The van der Waals surface area contributed by atoms with Gasteiger partial charge in [0.25, 0.3) is 0 Å². The summed E-state index contributed by atoms with van der Waals surface area (Å²) in [6.45, 7) is 8.04. The molecule has 0 spiro atoms. The number of methoxy groups -OCH3 is 1. The minimum Gasteiger partial charge on any atom is -0.497 e. The first kappa shape index (κ1) is 20.6. The molecule has 0 unspecified atom stereocenters. The zero-order chi connectivity index (χ0) is 19.1. The Bertz CT molecular complexity index is 604. The number of nitrogens with zero attached hydrogens (tertiary/aromatic N) is 1. The van der Waals surface area contributed by atoms with Gasteiger partial charge in [-0.3, -0.25) is 9.59 Å². The third-order valence-corrected chi connectivity index (χ3v) is 5.61. The van der Waals surface area contributed by atoms with Crippen LogP contribution in [0.25, 0.3) is 0 Å². The highest BCUT2D eigenvalue weighted by molar-refractivity contribution is 8.00. The average Bonchev–Trinajstić information content (AvgIpc) is 2.66. The van der Waals surface area contributed by atoms with Crippen molar-refractivity contribution in [2.45, 2.75) is 43.8 Å². The van der Waals surface area contributed by atoms with Crippen LogP contribution >= 0.6 is 11.8 Å². The molecule has 0 aromatic heterocycles. The second kappa shape index (κ2) is 9.86. The number of likely N-dealkylation sites (tertiary alicyclic amines) is 1. The van der Waals surface area contributed by atoms with Gasteiger partial charge in [0, 0.05) is 24.5 Å². The number of benzene rings is 1. The van der Waals surface area contributed by atoms with E-state index in [1.165, 1.54) is 0 Å². The summed E-state index contributed by atoms with van der Waals surface area (Å²) >= 11 is 1.54. The van der Waals surface area contributed by atoms with E-state index in [9.17, 15) is 9.59 Å². The van der Waals surface area contributed by atoms with E-state index in [1.807, 2.05) is 36.1 Å². The van der Waals surface area contributed by atoms with Gasteiger partial charge < -0.3 is 15.0 Å². The van der Waals surface area contributed by atoms with Crippen LogP contribution in [-0.2, 0) is 9.59 Å². The second-order valence-electron chi connectivity index (χ2n) is 7.20. The van der Waals surface area contributed by atoms with E-state index in [0.29, 0.717) is 19.0 Å². The van der Waals surface area contributed by atoms with Crippen molar-refractivity contribution < 1.29 is 14.3 Å². The normalized spacial score (nSPS) is 18.5. The predicted octanol–water partition coefficient (Wildman–Crippen LogP) is 3.19. The first-order chi connectivity index (χ1) is 12.4. The largest absolute Gasteiger partial charge is 0.497 e. The molecule has 1 saturated heterocycles. The molecule has 5 nitrogen and oxygen atoms in total. The molecule has 0 bridgehead atoms. The Kier molecular flexibility index (Phi) is 7.82. The highest BCUT2D eigenvalue weighted by Crippen LogP contribution is 2.28. The molecule has 0 aliphatic carbocycles. The van der Waals surface area contributed by atoms with E-state index in [-0.39, 0.29) is 23.0 Å². The van der Waals surface area contributed by atoms with Crippen molar-refractivity contribution in [2.75, 3.05) is 26.7 Å². The van der Waals surface area contributed by atoms with Gasteiger partial charge >= 0.3 is 0 Å². The van der Waals surface area contributed by atoms with Crippen LogP contribution in [-0.4, -0.2) is 48.7 Å². The van der Waals surface area contributed by atoms with Crippen molar-refractivity contribution in [3.63, 3.8) is 0 Å². The highest BCUT2D eigenvalue weighted by atomic mass is 32.2. The van der Waals surface area contributed by atoms with Crippen molar-refractivity contribution in [2.24, 2.45) is 11.8 Å². The average molecular weight is 379 g/mol. The zero-order valence-corrected chi connectivity index (χ0v) is 17.0. The third kappa shape index (κ3) is 5.94. The second-order valence-corrected chi connectivity index (χ2v) is 8.61. The fourth-order valence-corrected chi connectivity index (χ4v) is 3.96. The molecule has 0 saturated carbocycles. The molecular weight excluding hydrogens is 348 g/mol. The first-order valence-corrected chi connectivity index (χ1v) is 10.2. The van der Waals surface area contributed by atoms with Crippen LogP contribution in [0, 0.1) is 11.8 Å². The number of carbonyl (C=O) groups excluding carboxylic acids is 2. The van der Waals surface area contributed by atoms with Gasteiger partial charge in [-0.2, -0.15) is 0 Å². The zero-order valence-electron chi connectivity index (χ0n) is 16.2. The number of carbonyl (C=O) groups is 2. The van der Waals surface area contributed by atoms with Crippen LogP contribution in [0.5, 0.6) is 5.75 Å². The van der Waals surface area contributed by atoms with E-state index in [1.54, 1.807) is 18.9 Å². The van der Waals surface area contributed by atoms with Gasteiger partial charge in [0.1, 0.15) is 5.75 Å². The molecule has 26 heavy (non-hydrogen) atoms. The summed E-state index contributed by atoms with van der Waals surface area (Å²) in [4.78, 5) is 28.0. The fraction of sp³-hybridized carbons (Fsp3) is 0.600. The van der Waals surface area contributed by atoms with Gasteiger partial charge in [-0.1, -0.05) is 13.8 Å². The van der Waals surface area contributed by atoms with E-state index >= 15 is 0 Å². The molecule has 144 valence electrons. The SMILES string of the molecule is COc1ccc(S[C@@H](C)C(=O)N2CCC[C@H](C(=O)NCC(C)C)C2)cc1. The van der Waals surface area contributed by atoms with Gasteiger partial charge in [-0.15, -0.1) is 11.8 Å². The quantitative estimate of drug-likeness (QED) is 0.741. The van der Waals surface area contributed by atoms with Crippen molar-refractivity contribution >= 4 is 23.6 Å². The van der Waals surface area contributed by atoms with Crippen LogP contribution < -0.4 is 10.1 Å². The van der Waals surface area contributed by atoms with Gasteiger partial charge in [-0.05, 0) is 49.9 Å². The number of amides is 2. The van der Waals surface area contributed by atoms with Gasteiger partial charge in [0.15, 0.2) is 0 Å². The Balaban J connectivity index is 1.89.